The van der Waals surface area contributed by atoms with Crippen molar-refractivity contribution in [2.45, 2.75) is 30.2 Å². The third-order valence-electron chi connectivity index (χ3n) is 4.91. The molecule has 0 bridgehead atoms. The van der Waals surface area contributed by atoms with Gasteiger partial charge in [-0.1, -0.05) is 0 Å². The van der Waals surface area contributed by atoms with Gasteiger partial charge in [0.2, 0.25) is 0 Å². The first kappa shape index (κ1) is 14.6. The summed E-state index contributed by atoms with van der Waals surface area (Å²) in [6.45, 7) is 0. The molecule has 6 nitrogen and oxygen atoms in total. The average molecular weight is 333 g/mol. The van der Waals surface area contributed by atoms with E-state index in [0.29, 0.717) is 34.6 Å². The molecule has 1 saturated carbocycles. The largest absolute Gasteiger partial charge is 0.399 e. The van der Waals surface area contributed by atoms with Crippen molar-refractivity contribution in [3.8, 4) is 0 Å². The zero-order valence-corrected chi connectivity index (χ0v) is 13.7. The van der Waals surface area contributed by atoms with Crippen LogP contribution in [0.25, 0.3) is 10.9 Å². The standard InChI is InChI=1S/C16H19N3O3S/c1-19-13-5-4-10(17)8-11(13)14-15(16(19)20)23(21,22)7-6-12(18-14)9-2-3-9/h4-5,8-9,12,18H,2-3,6-7,17H2,1H3/t12-/m1/s1. The maximum atomic E-state index is 12.7. The maximum absolute atomic E-state index is 12.7. The number of rotatable bonds is 1. The maximum Gasteiger partial charge on any atom is 0.271 e. The van der Waals surface area contributed by atoms with Crippen molar-refractivity contribution in [1.82, 2.24) is 4.57 Å². The second-order valence-electron chi connectivity index (χ2n) is 6.54. The Kier molecular flexibility index (Phi) is 3.00. The fraction of sp³-hybridized carbons (Fsp3) is 0.438. The van der Waals surface area contributed by atoms with Gasteiger partial charge in [-0.15, -0.1) is 0 Å². The number of pyridine rings is 1. The zero-order valence-electron chi connectivity index (χ0n) is 12.9. The molecule has 1 aliphatic heterocycles. The van der Waals surface area contributed by atoms with Crippen molar-refractivity contribution < 1.29 is 8.42 Å². The van der Waals surface area contributed by atoms with Gasteiger partial charge in [-0.25, -0.2) is 8.42 Å². The number of nitrogens with one attached hydrogen (secondary N) is 1. The molecule has 0 spiro atoms. The molecule has 23 heavy (non-hydrogen) atoms. The minimum absolute atomic E-state index is 0.0111. The molecule has 0 unspecified atom stereocenters. The van der Waals surface area contributed by atoms with Crippen LogP contribution in [0.4, 0.5) is 11.4 Å². The lowest BCUT2D eigenvalue weighted by molar-refractivity contribution is 0.581. The van der Waals surface area contributed by atoms with Crippen LogP contribution in [0, 0.1) is 5.92 Å². The summed E-state index contributed by atoms with van der Waals surface area (Å²) in [5, 5.41) is 4.06. The van der Waals surface area contributed by atoms with Gasteiger partial charge in [-0.2, -0.15) is 0 Å². The highest BCUT2D eigenvalue weighted by Crippen LogP contribution is 2.40. The van der Waals surface area contributed by atoms with E-state index in [2.05, 4.69) is 5.32 Å². The van der Waals surface area contributed by atoms with E-state index in [4.69, 9.17) is 5.73 Å². The molecule has 1 fully saturated rings. The quantitative estimate of drug-likeness (QED) is 0.771. The molecule has 3 N–H and O–H groups in total. The third-order valence-corrected chi connectivity index (χ3v) is 6.68. The Morgan fingerprint density at radius 3 is 2.70 bits per heavy atom. The summed E-state index contributed by atoms with van der Waals surface area (Å²) in [5.41, 5.74) is 7.09. The van der Waals surface area contributed by atoms with E-state index in [9.17, 15) is 13.2 Å². The van der Waals surface area contributed by atoms with Crippen LogP contribution < -0.4 is 16.6 Å². The lowest BCUT2D eigenvalue weighted by atomic mass is 10.1. The molecule has 1 aromatic carbocycles. The lowest BCUT2D eigenvalue weighted by Crippen LogP contribution is -2.26. The number of hydrogen-bond donors (Lipinski definition) is 2. The summed E-state index contributed by atoms with van der Waals surface area (Å²) >= 11 is 0. The molecule has 0 radical (unpaired) electrons. The van der Waals surface area contributed by atoms with Gasteiger partial charge < -0.3 is 15.6 Å². The lowest BCUT2D eigenvalue weighted by Gasteiger charge is -2.19. The summed E-state index contributed by atoms with van der Waals surface area (Å²) in [7, 11) is -2.01. The minimum atomic E-state index is -3.61. The molecule has 7 heteroatoms. The first-order valence-corrected chi connectivity index (χ1v) is 9.45. The van der Waals surface area contributed by atoms with E-state index in [0.717, 1.165) is 12.8 Å². The predicted octanol–water partition coefficient (Wildman–Crippen LogP) is 1.49. The molecular weight excluding hydrogens is 314 g/mol. The Bertz CT molecular complexity index is 974. The first-order valence-electron chi connectivity index (χ1n) is 7.80. The predicted molar refractivity (Wildman–Crippen MR) is 90.4 cm³/mol. The molecule has 1 aliphatic carbocycles. The van der Waals surface area contributed by atoms with Crippen LogP contribution in [0.1, 0.15) is 19.3 Å². The highest BCUT2D eigenvalue weighted by Gasteiger charge is 2.38. The molecule has 122 valence electrons. The van der Waals surface area contributed by atoms with Crippen molar-refractivity contribution in [3.63, 3.8) is 0 Å². The number of aromatic nitrogens is 1. The van der Waals surface area contributed by atoms with Gasteiger partial charge in [0, 0.05) is 24.2 Å². The smallest absolute Gasteiger partial charge is 0.271 e. The van der Waals surface area contributed by atoms with E-state index in [1.807, 2.05) is 0 Å². The number of anilines is 2. The Morgan fingerprint density at radius 1 is 1.26 bits per heavy atom. The number of fused-ring (bicyclic) bond motifs is 3. The molecule has 2 aliphatic rings. The number of nitrogen functional groups attached to an aromatic ring is 1. The second-order valence-corrected chi connectivity index (χ2v) is 8.59. The number of nitrogens with zero attached hydrogens (tertiary/aromatic N) is 1. The molecule has 1 atom stereocenters. The van der Waals surface area contributed by atoms with Gasteiger partial charge in [0.15, 0.2) is 14.7 Å². The molecular formula is C16H19N3O3S. The first-order chi connectivity index (χ1) is 10.9. The fourth-order valence-electron chi connectivity index (χ4n) is 3.46. The molecule has 4 rings (SSSR count). The Hall–Kier alpha value is -2.02. The third kappa shape index (κ3) is 2.22. The van der Waals surface area contributed by atoms with Gasteiger partial charge in [0.25, 0.3) is 5.56 Å². The van der Waals surface area contributed by atoms with Crippen LogP contribution in [-0.2, 0) is 16.9 Å². The molecule has 0 saturated heterocycles. The number of nitrogens with two attached hydrogens (primary N) is 1. The van der Waals surface area contributed by atoms with Crippen LogP contribution in [0.3, 0.4) is 0 Å². The minimum Gasteiger partial charge on any atom is -0.399 e. The topological polar surface area (TPSA) is 94.2 Å². The average Bonchev–Trinajstić information content (AvgIpc) is 3.32. The van der Waals surface area contributed by atoms with Crippen molar-refractivity contribution in [2.24, 2.45) is 13.0 Å². The van der Waals surface area contributed by atoms with E-state index < -0.39 is 15.4 Å². The van der Waals surface area contributed by atoms with Gasteiger partial charge >= 0.3 is 0 Å². The molecule has 0 amide bonds. The van der Waals surface area contributed by atoms with Crippen LogP contribution in [0.2, 0.25) is 0 Å². The second kappa shape index (κ2) is 4.74. The van der Waals surface area contributed by atoms with Crippen LogP contribution in [0.15, 0.2) is 27.9 Å². The normalized spacial score (nSPS) is 23.1. The van der Waals surface area contributed by atoms with E-state index in [1.54, 1.807) is 25.2 Å². The Labute approximate surface area is 134 Å². The van der Waals surface area contributed by atoms with Gasteiger partial charge in [0.05, 0.1) is 17.0 Å². The van der Waals surface area contributed by atoms with Crippen LogP contribution in [-0.4, -0.2) is 24.8 Å². The number of hydrogen-bond acceptors (Lipinski definition) is 5. The summed E-state index contributed by atoms with van der Waals surface area (Å²) in [4.78, 5) is 12.6. The summed E-state index contributed by atoms with van der Waals surface area (Å²) in [5.74, 6) is 0.508. The van der Waals surface area contributed by atoms with Crippen molar-refractivity contribution in [3.05, 3.63) is 28.6 Å². The summed E-state index contributed by atoms with van der Waals surface area (Å²) in [6, 6.07) is 5.32. The highest BCUT2D eigenvalue weighted by atomic mass is 32.2. The number of benzene rings is 1. The Balaban J connectivity index is 2.10. The van der Waals surface area contributed by atoms with Gasteiger partial charge in [-0.05, 0) is 43.4 Å². The molecule has 1 aromatic heterocycles. The Morgan fingerprint density at radius 2 is 2.00 bits per heavy atom. The number of aryl methyl sites for hydroxylation is 1. The van der Waals surface area contributed by atoms with E-state index in [-0.39, 0.29) is 16.7 Å². The van der Waals surface area contributed by atoms with Crippen LogP contribution >= 0.6 is 0 Å². The fourth-order valence-corrected chi connectivity index (χ4v) is 5.11. The van der Waals surface area contributed by atoms with Crippen molar-refractivity contribution >= 4 is 32.1 Å². The monoisotopic (exact) mass is 333 g/mol. The number of sulfone groups is 1. The van der Waals surface area contributed by atoms with Crippen LogP contribution in [0.5, 0.6) is 0 Å². The zero-order chi connectivity index (χ0) is 16.4. The van der Waals surface area contributed by atoms with Gasteiger partial charge in [-0.3, -0.25) is 4.79 Å². The van der Waals surface area contributed by atoms with E-state index in [1.165, 1.54) is 4.57 Å². The summed E-state index contributed by atoms with van der Waals surface area (Å²) < 4.78 is 26.8. The summed E-state index contributed by atoms with van der Waals surface area (Å²) in [6.07, 6.45) is 2.75. The highest BCUT2D eigenvalue weighted by molar-refractivity contribution is 7.91. The van der Waals surface area contributed by atoms with Crippen molar-refractivity contribution in [1.29, 1.82) is 0 Å². The van der Waals surface area contributed by atoms with Gasteiger partial charge in [0.1, 0.15) is 0 Å². The SMILES string of the molecule is Cn1c(=O)c2c(c3cc(N)ccc31)N[C@@H](C1CC1)CCS2(=O)=O. The molecule has 2 heterocycles. The molecule has 2 aromatic rings. The van der Waals surface area contributed by atoms with E-state index >= 15 is 0 Å². The van der Waals surface area contributed by atoms with Crippen molar-refractivity contribution in [2.75, 3.05) is 16.8 Å².